The predicted octanol–water partition coefficient (Wildman–Crippen LogP) is -0.558. The Morgan fingerprint density at radius 1 is 1.75 bits per heavy atom. The Labute approximate surface area is 66.2 Å². The van der Waals surface area contributed by atoms with Gasteiger partial charge in [-0.1, -0.05) is 0 Å². The first-order valence-electron chi connectivity index (χ1n) is 2.95. The molecule has 0 aliphatic carbocycles. The summed E-state index contributed by atoms with van der Waals surface area (Å²) in [4.78, 5) is 26.4. The molecule has 0 saturated carbocycles. The van der Waals surface area contributed by atoms with Gasteiger partial charge in [0.15, 0.2) is 0 Å². The van der Waals surface area contributed by atoms with Gasteiger partial charge in [-0.2, -0.15) is 4.98 Å². The van der Waals surface area contributed by atoms with E-state index in [1.807, 2.05) is 5.32 Å². The van der Waals surface area contributed by atoms with Gasteiger partial charge in [-0.3, -0.25) is 15.1 Å². The first kappa shape index (κ1) is 8.05. The van der Waals surface area contributed by atoms with Gasteiger partial charge < -0.3 is 10.8 Å². The molecule has 1 heterocycles. The molecule has 0 atom stereocenters. The summed E-state index contributed by atoms with van der Waals surface area (Å²) in [6.07, 6.45) is -1.30. The standard InChI is InChI=1S/C5H6N4O3/c6-4-7-2(8-5(11)12)1-3(10)9-4/h1H,(H,11,12)(H4,6,7,8,9,10). The second-order valence-electron chi connectivity index (χ2n) is 1.95. The number of carbonyl (C=O) groups is 1. The number of nitrogens with one attached hydrogen (secondary N) is 2. The number of nitrogens with zero attached hydrogens (tertiary/aromatic N) is 1. The summed E-state index contributed by atoms with van der Waals surface area (Å²) >= 11 is 0. The number of H-pyrrole nitrogens is 1. The molecule has 5 N–H and O–H groups in total. The lowest BCUT2D eigenvalue weighted by Crippen LogP contribution is -2.15. The third kappa shape index (κ3) is 1.97. The lowest BCUT2D eigenvalue weighted by molar-refractivity contribution is 0.209. The number of rotatable bonds is 1. The maximum Gasteiger partial charge on any atom is 0.410 e. The molecule has 1 aromatic heterocycles. The van der Waals surface area contributed by atoms with Gasteiger partial charge >= 0.3 is 6.09 Å². The Kier molecular flexibility index (Phi) is 1.95. The Balaban J connectivity index is 3.01. The van der Waals surface area contributed by atoms with Gasteiger partial charge in [0, 0.05) is 6.07 Å². The second-order valence-corrected chi connectivity index (χ2v) is 1.95. The molecular weight excluding hydrogens is 164 g/mol. The minimum Gasteiger partial charge on any atom is -0.465 e. The summed E-state index contributed by atoms with van der Waals surface area (Å²) in [5.74, 6) is -0.227. The lowest BCUT2D eigenvalue weighted by Gasteiger charge is -1.98. The van der Waals surface area contributed by atoms with Crippen LogP contribution in [0.2, 0.25) is 0 Å². The first-order valence-corrected chi connectivity index (χ1v) is 2.95. The van der Waals surface area contributed by atoms with Crippen LogP contribution in [0.1, 0.15) is 0 Å². The van der Waals surface area contributed by atoms with Gasteiger partial charge in [0.2, 0.25) is 5.95 Å². The highest BCUT2D eigenvalue weighted by atomic mass is 16.4. The van der Waals surface area contributed by atoms with Crippen LogP contribution < -0.4 is 16.6 Å². The van der Waals surface area contributed by atoms with Crippen LogP contribution in [0, 0.1) is 0 Å². The van der Waals surface area contributed by atoms with E-state index in [9.17, 15) is 9.59 Å². The number of carboxylic acid groups (broad SMARTS) is 1. The van der Waals surface area contributed by atoms with E-state index in [4.69, 9.17) is 10.8 Å². The number of aromatic amines is 1. The smallest absolute Gasteiger partial charge is 0.410 e. The summed E-state index contributed by atoms with van der Waals surface area (Å²) in [5.41, 5.74) is 4.63. The van der Waals surface area contributed by atoms with Crippen LogP contribution in [0.5, 0.6) is 0 Å². The molecule has 0 spiro atoms. The molecule has 0 aliphatic rings. The van der Waals surface area contributed by atoms with Crippen molar-refractivity contribution in [3.8, 4) is 0 Å². The second kappa shape index (κ2) is 2.91. The molecule has 1 amide bonds. The zero-order chi connectivity index (χ0) is 9.14. The molecule has 0 fully saturated rings. The lowest BCUT2D eigenvalue weighted by atomic mass is 10.6. The molecule has 0 bridgehead atoms. The van der Waals surface area contributed by atoms with E-state index in [0.29, 0.717) is 0 Å². The third-order valence-electron chi connectivity index (χ3n) is 0.995. The highest BCUT2D eigenvalue weighted by molar-refractivity contribution is 5.81. The molecule has 1 rings (SSSR count). The van der Waals surface area contributed by atoms with E-state index in [2.05, 4.69) is 9.97 Å². The Hall–Kier alpha value is -2.05. The van der Waals surface area contributed by atoms with Crippen LogP contribution in [-0.4, -0.2) is 21.2 Å². The molecule has 0 saturated heterocycles. The maximum absolute atomic E-state index is 10.7. The molecule has 64 valence electrons. The van der Waals surface area contributed by atoms with Gasteiger partial charge in [0.1, 0.15) is 5.82 Å². The molecule has 0 radical (unpaired) electrons. The number of hydrogen-bond donors (Lipinski definition) is 4. The van der Waals surface area contributed by atoms with Crippen molar-refractivity contribution in [2.24, 2.45) is 0 Å². The van der Waals surface area contributed by atoms with E-state index in [1.165, 1.54) is 0 Å². The van der Waals surface area contributed by atoms with E-state index in [0.717, 1.165) is 6.07 Å². The van der Waals surface area contributed by atoms with E-state index >= 15 is 0 Å². The van der Waals surface area contributed by atoms with Gasteiger partial charge in [0.25, 0.3) is 5.56 Å². The molecule has 7 nitrogen and oxygen atoms in total. The van der Waals surface area contributed by atoms with Crippen molar-refractivity contribution >= 4 is 17.9 Å². The van der Waals surface area contributed by atoms with Crippen LogP contribution >= 0.6 is 0 Å². The third-order valence-corrected chi connectivity index (χ3v) is 0.995. The fourth-order valence-corrected chi connectivity index (χ4v) is 0.650. The van der Waals surface area contributed by atoms with Crippen LogP contribution in [0.4, 0.5) is 16.6 Å². The van der Waals surface area contributed by atoms with Crippen molar-refractivity contribution in [1.29, 1.82) is 0 Å². The summed E-state index contributed by atoms with van der Waals surface area (Å²) in [6, 6.07) is 0.991. The van der Waals surface area contributed by atoms with Crippen molar-refractivity contribution in [1.82, 2.24) is 9.97 Å². The van der Waals surface area contributed by atoms with Gasteiger partial charge in [-0.05, 0) is 0 Å². The fourth-order valence-electron chi connectivity index (χ4n) is 0.650. The van der Waals surface area contributed by atoms with Crippen molar-refractivity contribution in [2.45, 2.75) is 0 Å². The van der Waals surface area contributed by atoms with Crippen LogP contribution in [0.25, 0.3) is 0 Å². The quantitative estimate of drug-likeness (QED) is 0.450. The monoisotopic (exact) mass is 170 g/mol. The number of aromatic nitrogens is 2. The Bertz CT molecular complexity index is 358. The SMILES string of the molecule is Nc1nc(NC(=O)O)cc(=O)[nH]1. The highest BCUT2D eigenvalue weighted by Gasteiger charge is 2.00. The molecule has 12 heavy (non-hydrogen) atoms. The molecule has 0 aromatic carbocycles. The topological polar surface area (TPSA) is 121 Å². The van der Waals surface area contributed by atoms with Crippen LogP contribution in [0.3, 0.4) is 0 Å². The molecule has 0 aliphatic heterocycles. The maximum atomic E-state index is 10.7. The van der Waals surface area contributed by atoms with Gasteiger partial charge in [0.05, 0.1) is 0 Å². The zero-order valence-electron chi connectivity index (χ0n) is 5.87. The number of anilines is 2. The van der Waals surface area contributed by atoms with E-state index < -0.39 is 11.7 Å². The molecule has 1 aromatic rings. The number of nitrogens with two attached hydrogens (primary N) is 1. The fraction of sp³-hybridized carbons (Fsp3) is 0. The predicted molar refractivity (Wildman–Crippen MR) is 40.9 cm³/mol. The average molecular weight is 170 g/mol. The minimum absolute atomic E-state index is 0.0937. The van der Waals surface area contributed by atoms with Crippen molar-refractivity contribution in [3.63, 3.8) is 0 Å². The van der Waals surface area contributed by atoms with Crippen molar-refractivity contribution < 1.29 is 9.90 Å². The largest absolute Gasteiger partial charge is 0.465 e. The number of nitrogen functional groups attached to an aromatic ring is 1. The highest BCUT2D eigenvalue weighted by Crippen LogP contribution is 1.98. The van der Waals surface area contributed by atoms with Gasteiger partial charge in [-0.25, -0.2) is 4.79 Å². The number of hydrogen-bond acceptors (Lipinski definition) is 4. The average Bonchev–Trinajstić information content (AvgIpc) is 1.81. The van der Waals surface area contributed by atoms with Crippen LogP contribution in [-0.2, 0) is 0 Å². The number of amides is 1. The van der Waals surface area contributed by atoms with Crippen LogP contribution in [0.15, 0.2) is 10.9 Å². The Morgan fingerprint density at radius 2 is 2.42 bits per heavy atom. The van der Waals surface area contributed by atoms with Gasteiger partial charge in [-0.15, -0.1) is 0 Å². The van der Waals surface area contributed by atoms with E-state index in [1.54, 1.807) is 0 Å². The first-order chi connectivity index (χ1) is 5.58. The molecular formula is C5H6N4O3. The minimum atomic E-state index is -1.30. The normalized spacial score (nSPS) is 9.33. The summed E-state index contributed by atoms with van der Waals surface area (Å²) < 4.78 is 0. The molecule has 7 heteroatoms. The summed E-state index contributed by atoms with van der Waals surface area (Å²) in [7, 11) is 0. The zero-order valence-corrected chi connectivity index (χ0v) is 5.87. The Morgan fingerprint density at radius 3 is 2.92 bits per heavy atom. The van der Waals surface area contributed by atoms with Crippen molar-refractivity contribution in [3.05, 3.63) is 16.4 Å². The van der Waals surface area contributed by atoms with Crippen molar-refractivity contribution in [2.75, 3.05) is 11.1 Å². The summed E-state index contributed by atoms with van der Waals surface area (Å²) in [6.45, 7) is 0. The van der Waals surface area contributed by atoms with E-state index in [-0.39, 0.29) is 11.8 Å². The summed E-state index contributed by atoms with van der Waals surface area (Å²) in [5, 5.41) is 10.1. The molecule has 0 unspecified atom stereocenters.